The molecule has 2 aromatic carbocycles. The average Bonchev–Trinajstić information content (AvgIpc) is 3.18. The van der Waals surface area contributed by atoms with E-state index in [0.29, 0.717) is 35.8 Å². The van der Waals surface area contributed by atoms with Crippen LogP contribution in [-0.4, -0.2) is 84.8 Å². The van der Waals surface area contributed by atoms with Crippen LogP contribution in [-0.2, 0) is 22.1 Å². The molecule has 10 nitrogen and oxygen atoms in total. The second-order valence-corrected chi connectivity index (χ2v) is 11.5. The zero-order chi connectivity index (χ0) is 31.3. The summed E-state index contributed by atoms with van der Waals surface area (Å²) < 4.78 is 67.9. The highest BCUT2D eigenvalue weighted by molar-refractivity contribution is 7.82. The number of hydrogen-bond acceptors (Lipinski definition) is 7. The van der Waals surface area contributed by atoms with Crippen molar-refractivity contribution < 1.29 is 37.1 Å². The van der Waals surface area contributed by atoms with Crippen LogP contribution in [0.1, 0.15) is 27.9 Å². The van der Waals surface area contributed by atoms with Crippen molar-refractivity contribution in [2.75, 3.05) is 52.9 Å². The van der Waals surface area contributed by atoms with E-state index in [1.807, 2.05) is 43.3 Å². The smallest absolute Gasteiger partial charge is 0.421 e. The summed E-state index contributed by atoms with van der Waals surface area (Å²) in [5.41, 5.74) is 1.85. The van der Waals surface area contributed by atoms with Crippen molar-refractivity contribution in [3.05, 3.63) is 88.1 Å². The van der Waals surface area contributed by atoms with E-state index in [0.717, 1.165) is 17.3 Å². The number of benzene rings is 2. The minimum Gasteiger partial charge on any atom is -0.495 e. The van der Waals surface area contributed by atoms with E-state index >= 15 is 0 Å². The molecule has 44 heavy (non-hydrogen) atoms. The van der Waals surface area contributed by atoms with Crippen LogP contribution >= 0.6 is 0 Å². The Labute approximate surface area is 256 Å². The molecule has 1 aliphatic carbocycles. The van der Waals surface area contributed by atoms with Crippen LogP contribution in [0.4, 0.5) is 18.9 Å². The monoisotopic (exact) mass is 635 g/mol. The molecule has 14 heteroatoms. The Morgan fingerprint density at radius 3 is 2.50 bits per heavy atom. The molecule has 0 saturated carbocycles. The fraction of sp³-hybridized carbons (Fsp3) is 0.333. The van der Waals surface area contributed by atoms with Crippen molar-refractivity contribution in [2.24, 2.45) is 4.99 Å². The molecule has 4 rings (SSSR count). The molecule has 1 heterocycles. The lowest BCUT2D eigenvalue weighted by atomic mass is 10.1. The number of carbonyl (C=O) groups is 1. The third-order valence-electron chi connectivity index (χ3n) is 6.82. The molecule has 0 radical (unpaired) electrons. The summed E-state index contributed by atoms with van der Waals surface area (Å²) in [5.74, 6) is 0.113. The summed E-state index contributed by atoms with van der Waals surface area (Å²) in [6.07, 6.45) is -1.02. The summed E-state index contributed by atoms with van der Waals surface area (Å²) in [4.78, 5) is 18.5. The van der Waals surface area contributed by atoms with Gasteiger partial charge in [0, 0.05) is 56.6 Å². The molecule has 238 valence electrons. The van der Waals surface area contributed by atoms with Gasteiger partial charge in [-0.25, -0.2) is 9.20 Å². The number of fused-ring (bicyclic) bond motifs is 1. The molecule has 0 bridgehead atoms. The zero-order valence-electron chi connectivity index (χ0n) is 25.0. The number of rotatable bonds is 11. The number of methoxy groups -OCH3 is 1. The van der Waals surface area contributed by atoms with Gasteiger partial charge < -0.3 is 30.5 Å². The first-order valence-electron chi connectivity index (χ1n) is 13.4. The summed E-state index contributed by atoms with van der Waals surface area (Å²) in [5, 5.41) is 5.82. The third kappa shape index (κ3) is 8.07. The van der Waals surface area contributed by atoms with Gasteiger partial charge in [-0.2, -0.15) is 13.2 Å². The normalized spacial score (nSPS) is 15.2. The van der Waals surface area contributed by atoms with Gasteiger partial charge in [0.15, 0.2) is 0 Å². The number of alkyl halides is 3. The molecule has 1 unspecified atom stereocenters. The van der Waals surface area contributed by atoms with Crippen LogP contribution in [0.3, 0.4) is 0 Å². The first-order valence-corrected chi connectivity index (χ1v) is 14.9. The highest BCUT2D eigenvalue weighted by atomic mass is 32.2. The number of carbonyl (C=O) groups excluding carboxylic acids is 1. The predicted molar refractivity (Wildman–Crippen MR) is 165 cm³/mol. The van der Waals surface area contributed by atoms with Crippen LogP contribution in [0.25, 0.3) is 5.70 Å². The largest absolute Gasteiger partial charge is 0.495 e. The van der Waals surface area contributed by atoms with Crippen LogP contribution in [0.5, 0.6) is 5.75 Å². The van der Waals surface area contributed by atoms with E-state index in [9.17, 15) is 22.2 Å². The minimum absolute atomic E-state index is 0. The van der Waals surface area contributed by atoms with Gasteiger partial charge in [-0.1, -0.05) is 24.3 Å². The Morgan fingerprint density at radius 1 is 1.11 bits per heavy atom. The second kappa shape index (κ2) is 14.6. The fourth-order valence-corrected chi connectivity index (χ4v) is 5.01. The molecule has 2 aliphatic rings. The molecular formula is C30H36F3N5O5S. The lowest BCUT2D eigenvalue weighted by Crippen LogP contribution is -2.31. The number of amides is 1. The first-order chi connectivity index (χ1) is 20.4. The van der Waals surface area contributed by atoms with E-state index in [1.54, 1.807) is 25.2 Å². The van der Waals surface area contributed by atoms with Gasteiger partial charge in [-0.3, -0.25) is 9.10 Å². The maximum absolute atomic E-state index is 14.2. The Hall–Kier alpha value is -4.14. The Morgan fingerprint density at radius 2 is 1.84 bits per heavy atom. The maximum atomic E-state index is 14.2. The van der Waals surface area contributed by atoms with Gasteiger partial charge in [0.1, 0.15) is 39.6 Å². The van der Waals surface area contributed by atoms with Crippen LogP contribution in [0.15, 0.2) is 76.4 Å². The van der Waals surface area contributed by atoms with Crippen molar-refractivity contribution in [2.45, 2.75) is 19.0 Å². The number of allylic oxidation sites excluding steroid dienone is 3. The number of halogens is 3. The van der Waals surface area contributed by atoms with Crippen LogP contribution in [0, 0.1) is 0 Å². The third-order valence-corrected chi connectivity index (χ3v) is 7.78. The van der Waals surface area contributed by atoms with Gasteiger partial charge in [0.25, 0.3) is 5.91 Å². The van der Waals surface area contributed by atoms with Gasteiger partial charge in [-0.05, 0) is 43.9 Å². The summed E-state index contributed by atoms with van der Waals surface area (Å²) >= 11 is 0. The number of hydrogen-bond donors (Lipinski definition) is 2. The molecule has 0 fully saturated rings. The zero-order valence-corrected chi connectivity index (χ0v) is 25.9. The van der Waals surface area contributed by atoms with E-state index in [2.05, 4.69) is 15.6 Å². The topological polar surface area (TPSA) is 127 Å². The van der Waals surface area contributed by atoms with Gasteiger partial charge in [0.2, 0.25) is 0 Å². The summed E-state index contributed by atoms with van der Waals surface area (Å²) in [6, 6.07) is 12.1. The van der Waals surface area contributed by atoms with E-state index in [-0.39, 0.29) is 41.6 Å². The molecule has 0 aromatic heterocycles. The van der Waals surface area contributed by atoms with Crippen molar-refractivity contribution in [1.82, 2.24) is 14.5 Å². The highest BCUT2D eigenvalue weighted by Gasteiger charge is 2.38. The number of likely N-dealkylation sites (N-methyl/N-ethyl adjacent to an activating group) is 1. The summed E-state index contributed by atoms with van der Waals surface area (Å²) in [7, 11) is 5.41. The molecule has 1 aliphatic heterocycles. The lowest BCUT2D eigenvalue weighted by molar-refractivity contribution is -0.0885. The van der Waals surface area contributed by atoms with Crippen molar-refractivity contribution in [3.8, 4) is 5.75 Å². The number of ether oxygens (including phenoxy) is 2. The fourth-order valence-electron chi connectivity index (χ4n) is 4.56. The van der Waals surface area contributed by atoms with Crippen LogP contribution in [0.2, 0.25) is 0 Å². The number of nitrogens with zero attached hydrogens (tertiary/aromatic N) is 3. The SMILES string of the molecule is COc1cc(C(=O)NCCN(C)C)ccc1NC1=CCC(OC2=C(N(C)S(C)=O)c3ccccc3C2)=C(C(F)(F)F)C=N1.O. The van der Waals surface area contributed by atoms with Crippen molar-refractivity contribution >= 4 is 34.5 Å². The number of aliphatic imine (C=N–C) groups is 1. The van der Waals surface area contributed by atoms with E-state index < -0.39 is 22.7 Å². The molecule has 4 N–H and O–H groups in total. The molecular weight excluding hydrogens is 599 g/mol. The summed E-state index contributed by atoms with van der Waals surface area (Å²) in [6.45, 7) is 1.14. The standard InChI is InChI=1S/C30H34F3N5O4S.H2O/c1-37(2)15-14-34-29(39)20-10-11-23(25(17-20)41-4)36-27-13-12-24(22(18-35-27)30(31,32)33)42-26-16-19-8-6-7-9-21(19)28(26)38(3)43(5)40;/h6-11,13,17-18,36H,12,14-16H2,1-5H3,(H,34,39);1H2. The average molecular weight is 636 g/mol. The first kappa shape index (κ1) is 34.4. The van der Waals surface area contributed by atoms with Gasteiger partial charge in [0.05, 0.1) is 18.5 Å². The number of anilines is 1. The number of nitrogens with one attached hydrogen (secondary N) is 2. The molecule has 0 spiro atoms. The predicted octanol–water partition coefficient (Wildman–Crippen LogP) is 3.87. The van der Waals surface area contributed by atoms with E-state index in [4.69, 9.17) is 9.47 Å². The lowest BCUT2D eigenvalue weighted by Gasteiger charge is -2.21. The molecule has 2 aromatic rings. The molecule has 0 saturated heterocycles. The second-order valence-electron chi connectivity index (χ2n) is 10.1. The Bertz CT molecular complexity index is 1540. The Balaban J connectivity index is 0.00000529. The Kier molecular flexibility index (Phi) is 11.4. The van der Waals surface area contributed by atoms with Crippen molar-refractivity contribution in [3.63, 3.8) is 0 Å². The van der Waals surface area contributed by atoms with Crippen LogP contribution < -0.4 is 15.4 Å². The van der Waals surface area contributed by atoms with Crippen molar-refractivity contribution in [1.29, 1.82) is 0 Å². The van der Waals surface area contributed by atoms with Gasteiger partial charge >= 0.3 is 6.18 Å². The van der Waals surface area contributed by atoms with E-state index in [1.165, 1.54) is 23.7 Å². The molecule has 1 atom stereocenters. The highest BCUT2D eigenvalue weighted by Crippen LogP contribution is 2.39. The minimum atomic E-state index is -4.74. The quantitative estimate of drug-likeness (QED) is 0.386. The molecule has 1 amide bonds. The van der Waals surface area contributed by atoms with Gasteiger partial charge in [-0.15, -0.1) is 0 Å². The maximum Gasteiger partial charge on any atom is 0.421 e.